The Morgan fingerprint density at radius 2 is 1.86 bits per heavy atom. The number of para-hydroxylation sites is 1. The van der Waals surface area contributed by atoms with Crippen LogP contribution in [0.2, 0.25) is 0 Å². The van der Waals surface area contributed by atoms with Crippen molar-refractivity contribution >= 4 is 10.9 Å². The van der Waals surface area contributed by atoms with Gasteiger partial charge in [0.1, 0.15) is 0 Å². The van der Waals surface area contributed by atoms with Crippen LogP contribution in [-0.4, -0.2) is 12.0 Å². The molecule has 0 fully saturated rings. The first-order chi connectivity index (χ1) is 10.3. The molecule has 0 saturated carbocycles. The van der Waals surface area contributed by atoms with E-state index in [1.54, 1.807) is 0 Å². The molecule has 0 aliphatic rings. The quantitative estimate of drug-likeness (QED) is 0.677. The van der Waals surface area contributed by atoms with Crippen LogP contribution in [0.4, 0.5) is 0 Å². The van der Waals surface area contributed by atoms with Crippen molar-refractivity contribution in [2.24, 2.45) is 0 Å². The van der Waals surface area contributed by atoms with Crippen molar-refractivity contribution in [1.82, 2.24) is 10.3 Å². The number of aromatic nitrogens is 1. The highest BCUT2D eigenvalue weighted by Gasteiger charge is 2.12. The van der Waals surface area contributed by atoms with Crippen molar-refractivity contribution in [2.75, 3.05) is 7.05 Å². The highest BCUT2D eigenvalue weighted by Crippen LogP contribution is 2.24. The van der Waals surface area contributed by atoms with Gasteiger partial charge < -0.3 is 5.32 Å². The zero-order valence-corrected chi connectivity index (χ0v) is 13.7. The summed E-state index contributed by atoms with van der Waals surface area (Å²) < 4.78 is 0. The highest BCUT2D eigenvalue weighted by atomic mass is 14.9. The lowest BCUT2D eigenvalue weighted by Gasteiger charge is -2.17. The minimum absolute atomic E-state index is 0.370. The number of rotatable bonds is 8. The third-order valence-electron chi connectivity index (χ3n) is 4.24. The van der Waals surface area contributed by atoms with Gasteiger partial charge in [-0.15, -0.1) is 0 Å². The van der Waals surface area contributed by atoms with E-state index in [2.05, 4.69) is 49.5 Å². The van der Waals surface area contributed by atoms with E-state index >= 15 is 0 Å². The van der Waals surface area contributed by atoms with Gasteiger partial charge in [-0.25, -0.2) is 0 Å². The van der Waals surface area contributed by atoms with E-state index in [-0.39, 0.29) is 0 Å². The first-order valence-corrected chi connectivity index (χ1v) is 8.29. The topological polar surface area (TPSA) is 24.9 Å². The second-order valence-electron chi connectivity index (χ2n) is 5.93. The van der Waals surface area contributed by atoms with Crippen LogP contribution in [0.5, 0.6) is 0 Å². The second kappa shape index (κ2) is 8.14. The number of pyridine rings is 1. The van der Waals surface area contributed by atoms with E-state index in [9.17, 15) is 0 Å². The molecule has 0 radical (unpaired) electrons. The molecule has 1 atom stereocenters. The van der Waals surface area contributed by atoms with E-state index < -0.39 is 0 Å². The molecule has 2 aromatic rings. The molecule has 1 aromatic carbocycles. The summed E-state index contributed by atoms with van der Waals surface area (Å²) in [5.74, 6) is 0. The van der Waals surface area contributed by atoms with E-state index in [4.69, 9.17) is 4.98 Å². The standard InChI is InChI=1S/C19H28N2/c1-4-5-6-7-8-13-18(20-3)19-14-15(2)16-11-9-10-12-17(16)21-19/h9-12,14,18,20H,4-8,13H2,1-3H3. The van der Waals surface area contributed by atoms with Crippen LogP contribution in [0.25, 0.3) is 10.9 Å². The summed E-state index contributed by atoms with van der Waals surface area (Å²) in [7, 11) is 2.04. The number of fused-ring (bicyclic) bond motifs is 1. The van der Waals surface area contributed by atoms with Gasteiger partial charge in [-0.3, -0.25) is 4.98 Å². The van der Waals surface area contributed by atoms with Crippen molar-refractivity contribution in [3.05, 3.63) is 41.6 Å². The molecule has 1 N–H and O–H groups in total. The molecule has 1 unspecified atom stereocenters. The van der Waals surface area contributed by atoms with Gasteiger partial charge in [0, 0.05) is 11.4 Å². The minimum atomic E-state index is 0.370. The first kappa shape index (κ1) is 16.0. The van der Waals surface area contributed by atoms with Gasteiger partial charge in [0.15, 0.2) is 0 Å². The van der Waals surface area contributed by atoms with Crippen molar-refractivity contribution < 1.29 is 0 Å². The molecule has 2 nitrogen and oxygen atoms in total. The normalized spacial score (nSPS) is 12.7. The zero-order chi connectivity index (χ0) is 15.1. The predicted molar refractivity (Wildman–Crippen MR) is 91.7 cm³/mol. The Hall–Kier alpha value is -1.41. The highest BCUT2D eigenvalue weighted by molar-refractivity contribution is 5.82. The molecule has 0 spiro atoms. The fourth-order valence-electron chi connectivity index (χ4n) is 2.95. The molecule has 0 amide bonds. The first-order valence-electron chi connectivity index (χ1n) is 8.29. The number of hydrogen-bond acceptors (Lipinski definition) is 2. The summed E-state index contributed by atoms with van der Waals surface area (Å²) >= 11 is 0. The van der Waals surface area contributed by atoms with Crippen molar-refractivity contribution in [1.29, 1.82) is 0 Å². The molecule has 1 heterocycles. The monoisotopic (exact) mass is 284 g/mol. The lowest BCUT2D eigenvalue weighted by molar-refractivity contribution is 0.493. The number of unbranched alkanes of at least 4 members (excludes halogenated alkanes) is 4. The Labute approximate surface area is 129 Å². The zero-order valence-electron chi connectivity index (χ0n) is 13.7. The summed E-state index contributed by atoms with van der Waals surface area (Å²) in [6.07, 6.45) is 7.80. The Morgan fingerprint density at radius 1 is 1.10 bits per heavy atom. The molecule has 0 bridgehead atoms. The SMILES string of the molecule is CCCCCCCC(NC)c1cc(C)c2ccccc2n1. The van der Waals surface area contributed by atoms with Crippen LogP contribution < -0.4 is 5.32 Å². The number of aryl methyl sites for hydroxylation is 1. The van der Waals surface area contributed by atoms with E-state index in [1.165, 1.54) is 55.2 Å². The van der Waals surface area contributed by atoms with Crippen molar-refractivity contribution in [3.63, 3.8) is 0 Å². The summed E-state index contributed by atoms with van der Waals surface area (Å²) in [5.41, 5.74) is 3.62. The molecular formula is C19H28N2. The molecule has 0 aliphatic heterocycles. The number of nitrogens with zero attached hydrogens (tertiary/aromatic N) is 1. The Morgan fingerprint density at radius 3 is 2.62 bits per heavy atom. The predicted octanol–water partition coefficient (Wildman–Crippen LogP) is 5.16. The Bertz CT molecular complexity index is 562. The Balaban J connectivity index is 2.07. The van der Waals surface area contributed by atoms with Gasteiger partial charge >= 0.3 is 0 Å². The van der Waals surface area contributed by atoms with Crippen molar-refractivity contribution in [3.8, 4) is 0 Å². The molecular weight excluding hydrogens is 256 g/mol. The average Bonchev–Trinajstić information content (AvgIpc) is 2.51. The molecule has 2 rings (SSSR count). The fourth-order valence-corrected chi connectivity index (χ4v) is 2.95. The van der Waals surface area contributed by atoms with E-state index in [0.29, 0.717) is 6.04 Å². The van der Waals surface area contributed by atoms with Crippen molar-refractivity contribution in [2.45, 2.75) is 58.4 Å². The van der Waals surface area contributed by atoms with Gasteiger partial charge in [0.2, 0.25) is 0 Å². The van der Waals surface area contributed by atoms with Crippen LogP contribution >= 0.6 is 0 Å². The molecule has 21 heavy (non-hydrogen) atoms. The molecule has 0 aliphatic carbocycles. The number of nitrogens with one attached hydrogen (secondary N) is 1. The van der Waals surface area contributed by atoms with E-state index in [1.807, 2.05) is 7.05 Å². The van der Waals surface area contributed by atoms with Crippen LogP contribution in [0.1, 0.15) is 62.7 Å². The Kier molecular flexibility index (Phi) is 6.19. The van der Waals surface area contributed by atoms with Crippen LogP contribution in [-0.2, 0) is 0 Å². The van der Waals surface area contributed by atoms with Gasteiger partial charge in [0.05, 0.1) is 11.2 Å². The van der Waals surface area contributed by atoms with Crippen LogP contribution in [0.3, 0.4) is 0 Å². The molecule has 2 heteroatoms. The summed E-state index contributed by atoms with van der Waals surface area (Å²) in [6.45, 7) is 4.44. The average molecular weight is 284 g/mol. The largest absolute Gasteiger partial charge is 0.312 e. The van der Waals surface area contributed by atoms with Crippen LogP contribution in [0.15, 0.2) is 30.3 Å². The maximum atomic E-state index is 4.86. The summed E-state index contributed by atoms with van der Waals surface area (Å²) in [6, 6.07) is 11.0. The second-order valence-corrected chi connectivity index (χ2v) is 5.93. The molecule has 0 saturated heterocycles. The van der Waals surface area contributed by atoms with Gasteiger partial charge in [0.25, 0.3) is 0 Å². The summed E-state index contributed by atoms with van der Waals surface area (Å²) in [4.78, 5) is 4.86. The third kappa shape index (κ3) is 4.28. The van der Waals surface area contributed by atoms with Crippen LogP contribution in [0, 0.1) is 6.92 Å². The lowest BCUT2D eigenvalue weighted by Crippen LogP contribution is -2.18. The maximum absolute atomic E-state index is 4.86. The smallest absolute Gasteiger partial charge is 0.0708 e. The number of benzene rings is 1. The third-order valence-corrected chi connectivity index (χ3v) is 4.24. The van der Waals surface area contributed by atoms with Gasteiger partial charge in [-0.2, -0.15) is 0 Å². The van der Waals surface area contributed by atoms with Gasteiger partial charge in [-0.1, -0.05) is 57.2 Å². The fraction of sp³-hybridized carbons (Fsp3) is 0.526. The number of hydrogen-bond donors (Lipinski definition) is 1. The molecule has 114 valence electrons. The summed E-state index contributed by atoms with van der Waals surface area (Å²) in [5, 5.41) is 4.70. The minimum Gasteiger partial charge on any atom is -0.312 e. The van der Waals surface area contributed by atoms with Gasteiger partial charge in [-0.05, 0) is 38.1 Å². The maximum Gasteiger partial charge on any atom is 0.0708 e. The lowest BCUT2D eigenvalue weighted by atomic mass is 10.0. The van der Waals surface area contributed by atoms with E-state index in [0.717, 1.165) is 5.52 Å². The molecule has 1 aromatic heterocycles.